The molecule has 0 spiro atoms. The molecule has 3 unspecified atom stereocenters. The second-order valence-corrected chi connectivity index (χ2v) is 6.63. The van der Waals surface area contributed by atoms with Gasteiger partial charge in [0.1, 0.15) is 11.6 Å². The molecule has 1 heterocycles. The second kappa shape index (κ2) is 7.31. The zero-order valence-electron chi connectivity index (χ0n) is 14.0. The van der Waals surface area contributed by atoms with Crippen molar-refractivity contribution in [1.29, 1.82) is 0 Å². The van der Waals surface area contributed by atoms with Crippen molar-refractivity contribution in [3.8, 4) is 0 Å². The van der Waals surface area contributed by atoms with E-state index in [0.717, 1.165) is 12.0 Å². The van der Waals surface area contributed by atoms with Crippen molar-refractivity contribution < 1.29 is 18.7 Å². The highest BCUT2D eigenvalue weighted by Crippen LogP contribution is 2.38. The van der Waals surface area contributed by atoms with Crippen LogP contribution in [0.4, 0.5) is 8.78 Å². The Morgan fingerprint density at radius 2 is 1.88 bits per heavy atom. The molecular weight excluding hydrogens is 324 g/mol. The van der Waals surface area contributed by atoms with Gasteiger partial charge in [-0.3, -0.25) is 4.79 Å². The van der Waals surface area contributed by atoms with Gasteiger partial charge in [-0.25, -0.2) is 8.78 Å². The summed E-state index contributed by atoms with van der Waals surface area (Å²) in [7, 11) is 0. The smallest absolute Gasteiger partial charge is 0.226 e. The normalized spacial score (nSPS) is 21.4. The highest BCUT2D eigenvalue weighted by atomic mass is 19.1. The first-order chi connectivity index (χ1) is 12.0. The highest BCUT2D eigenvalue weighted by molar-refractivity contribution is 5.77. The minimum atomic E-state index is -1.06. The Balaban J connectivity index is 1.76. The van der Waals surface area contributed by atoms with Gasteiger partial charge in [-0.1, -0.05) is 31.2 Å². The number of hydrogen-bond donors (Lipinski definition) is 1. The molecule has 3 atom stereocenters. The quantitative estimate of drug-likeness (QED) is 0.910. The first-order valence-electron chi connectivity index (χ1n) is 8.44. The fourth-order valence-electron chi connectivity index (χ4n) is 3.54. The number of nitrogens with zero attached hydrogens (tertiary/aromatic N) is 1. The van der Waals surface area contributed by atoms with Crippen LogP contribution in [0.3, 0.4) is 0 Å². The monoisotopic (exact) mass is 345 g/mol. The molecule has 0 saturated carbocycles. The summed E-state index contributed by atoms with van der Waals surface area (Å²) in [6.07, 6.45) is -0.363. The minimum absolute atomic E-state index is 0.123. The Morgan fingerprint density at radius 1 is 1.20 bits per heavy atom. The fourth-order valence-corrected chi connectivity index (χ4v) is 3.54. The summed E-state index contributed by atoms with van der Waals surface area (Å²) in [5.74, 6) is -0.785. The Bertz CT molecular complexity index is 765. The lowest BCUT2D eigenvalue weighted by molar-refractivity contribution is -0.134. The van der Waals surface area contributed by atoms with Crippen molar-refractivity contribution >= 4 is 5.91 Å². The van der Waals surface area contributed by atoms with Crippen LogP contribution in [0.25, 0.3) is 0 Å². The highest BCUT2D eigenvalue weighted by Gasteiger charge is 2.36. The summed E-state index contributed by atoms with van der Waals surface area (Å²) in [4.78, 5) is 14.4. The molecule has 5 heteroatoms. The summed E-state index contributed by atoms with van der Waals surface area (Å²) >= 11 is 0. The third-order valence-electron chi connectivity index (χ3n) is 4.81. The van der Waals surface area contributed by atoms with Crippen LogP contribution in [0.5, 0.6) is 0 Å². The fraction of sp³-hybridized carbons (Fsp3) is 0.350. The number of amides is 1. The van der Waals surface area contributed by atoms with Crippen LogP contribution in [-0.4, -0.2) is 22.5 Å². The second-order valence-electron chi connectivity index (χ2n) is 6.63. The van der Waals surface area contributed by atoms with E-state index < -0.39 is 11.9 Å². The SMILES string of the molecule is CC1CCN(C(=O)CC(O)c2cccc(F)c2)C1c1cccc(F)c1. The molecule has 0 aromatic heterocycles. The Kier molecular flexibility index (Phi) is 5.13. The zero-order valence-corrected chi connectivity index (χ0v) is 14.0. The Labute approximate surface area is 145 Å². The number of carbonyl (C=O) groups excluding carboxylic acids is 1. The number of benzene rings is 2. The van der Waals surface area contributed by atoms with E-state index in [4.69, 9.17) is 0 Å². The molecule has 132 valence electrons. The molecule has 1 N–H and O–H groups in total. The van der Waals surface area contributed by atoms with Crippen LogP contribution >= 0.6 is 0 Å². The van der Waals surface area contributed by atoms with Crippen molar-refractivity contribution in [1.82, 2.24) is 4.90 Å². The van der Waals surface area contributed by atoms with Crippen molar-refractivity contribution in [2.45, 2.75) is 31.9 Å². The standard InChI is InChI=1S/C20H21F2NO2/c1-13-8-9-23(20(13)15-5-3-7-17(22)11-15)19(25)12-18(24)14-4-2-6-16(21)10-14/h2-7,10-11,13,18,20,24H,8-9,12H2,1H3. The molecule has 3 nitrogen and oxygen atoms in total. The number of halogens is 2. The van der Waals surface area contributed by atoms with Crippen LogP contribution in [0.1, 0.15) is 43.0 Å². The lowest BCUT2D eigenvalue weighted by Gasteiger charge is -2.28. The number of rotatable bonds is 4. The predicted octanol–water partition coefficient (Wildman–Crippen LogP) is 4.00. The van der Waals surface area contributed by atoms with Gasteiger partial charge in [-0.15, -0.1) is 0 Å². The van der Waals surface area contributed by atoms with E-state index in [1.807, 2.05) is 13.0 Å². The van der Waals surface area contributed by atoms with E-state index in [-0.39, 0.29) is 30.1 Å². The van der Waals surface area contributed by atoms with E-state index in [9.17, 15) is 18.7 Å². The summed E-state index contributed by atoms with van der Waals surface area (Å²) < 4.78 is 26.9. The van der Waals surface area contributed by atoms with E-state index in [0.29, 0.717) is 12.1 Å². The summed E-state index contributed by atoms with van der Waals surface area (Å²) in [6.45, 7) is 2.60. The number of aliphatic hydroxyl groups is 1. The van der Waals surface area contributed by atoms with Crippen molar-refractivity contribution in [2.24, 2.45) is 5.92 Å². The van der Waals surface area contributed by atoms with Gasteiger partial charge in [-0.2, -0.15) is 0 Å². The van der Waals surface area contributed by atoms with Crippen molar-refractivity contribution in [2.75, 3.05) is 6.54 Å². The predicted molar refractivity (Wildman–Crippen MR) is 90.6 cm³/mol. The molecular formula is C20H21F2NO2. The minimum Gasteiger partial charge on any atom is -0.388 e. The number of aliphatic hydroxyl groups excluding tert-OH is 1. The number of carbonyl (C=O) groups is 1. The zero-order chi connectivity index (χ0) is 18.0. The molecule has 1 saturated heterocycles. The van der Waals surface area contributed by atoms with E-state index in [1.165, 1.54) is 30.3 Å². The van der Waals surface area contributed by atoms with Crippen LogP contribution in [0.15, 0.2) is 48.5 Å². The van der Waals surface area contributed by atoms with Crippen molar-refractivity contribution in [3.63, 3.8) is 0 Å². The molecule has 0 bridgehead atoms. The average molecular weight is 345 g/mol. The molecule has 25 heavy (non-hydrogen) atoms. The van der Waals surface area contributed by atoms with Crippen LogP contribution < -0.4 is 0 Å². The lowest BCUT2D eigenvalue weighted by atomic mass is 9.95. The Hall–Kier alpha value is -2.27. The maximum absolute atomic E-state index is 13.6. The maximum atomic E-state index is 13.6. The molecule has 3 rings (SSSR count). The van der Waals surface area contributed by atoms with E-state index in [2.05, 4.69) is 0 Å². The summed E-state index contributed by atoms with van der Waals surface area (Å²) in [5, 5.41) is 10.3. The first-order valence-corrected chi connectivity index (χ1v) is 8.44. The Morgan fingerprint density at radius 3 is 2.56 bits per heavy atom. The van der Waals surface area contributed by atoms with Crippen LogP contribution in [0, 0.1) is 17.6 Å². The van der Waals surface area contributed by atoms with Gasteiger partial charge in [0.15, 0.2) is 0 Å². The molecule has 2 aromatic rings. The van der Waals surface area contributed by atoms with Gasteiger partial charge in [-0.05, 0) is 47.7 Å². The maximum Gasteiger partial charge on any atom is 0.226 e. The van der Waals surface area contributed by atoms with Gasteiger partial charge < -0.3 is 10.0 Å². The third-order valence-corrected chi connectivity index (χ3v) is 4.81. The molecule has 1 fully saturated rings. The molecule has 2 aromatic carbocycles. The molecule has 1 aliphatic rings. The average Bonchev–Trinajstić information content (AvgIpc) is 2.96. The molecule has 0 aliphatic carbocycles. The summed E-state index contributed by atoms with van der Waals surface area (Å²) in [6, 6.07) is 11.7. The molecule has 0 radical (unpaired) electrons. The topological polar surface area (TPSA) is 40.5 Å². The molecule has 1 aliphatic heterocycles. The first kappa shape index (κ1) is 17.5. The lowest BCUT2D eigenvalue weighted by Crippen LogP contribution is -2.32. The van der Waals surface area contributed by atoms with Gasteiger partial charge in [0, 0.05) is 6.54 Å². The van der Waals surface area contributed by atoms with E-state index in [1.54, 1.807) is 17.0 Å². The van der Waals surface area contributed by atoms with Gasteiger partial charge in [0.05, 0.1) is 18.6 Å². The number of likely N-dealkylation sites (tertiary alicyclic amines) is 1. The van der Waals surface area contributed by atoms with Crippen LogP contribution in [-0.2, 0) is 4.79 Å². The van der Waals surface area contributed by atoms with Crippen molar-refractivity contribution in [3.05, 3.63) is 71.3 Å². The van der Waals surface area contributed by atoms with Crippen LogP contribution in [0.2, 0.25) is 0 Å². The number of hydrogen-bond acceptors (Lipinski definition) is 2. The largest absolute Gasteiger partial charge is 0.388 e. The summed E-state index contributed by atoms with van der Waals surface area (Å²) in [5.41, 5.74) is 1.14. The molecule has 1 amide bonds. The van der Waals surface area contributed by atoms with Gasteiger partial charge in [0.25, 0.3) is 0 Å². The van der Waals surface area contributed by atoms with E-state index >= 15 is 0 Å². The third kappa shape index (κ3) is 3.87. The van der Waals surface area contributed by atoms with Gasteiger partial charge in [0.2, 0.25) is 5.91 Å². The van der Waals surface area contributed by atoms with Gasteiger partial charge >= 0.3 is 0 Å².